The first kappa shape index (κ1) is 12.3. The Balaban J connectivity index is 2.20. The van der Waals surface area contributed by atoms with Gasteiger partial charge in [0.1, 0.15) is 0 Å². The van der Waals surface area contributed by atoms with E-state index >= 15 is 0 Å². The van der Waals surface area contributed by atoms with Crippen LogP contribution in [0.4, 0.5) is 5.95 Å². The maximum absolute atomic E-state index is 11.8. The van der Waals surface area contributed by atoms with Crippen LogP contribution in [0.5, 0.6) is 11.8 Å². The largest absolute Gasteiger partial charge is 0.481 e. The minimum Gasteiger partial charge on any atom is -0.481 e. The van der Waals surface area contributed by atoms with Crippen LogP contribution in [-0.2, 0) is 0 Å². The summed E-state index contributed by atoms with van der Waals surface area (Å²) in [6.45, 7) is 0. The molecule has 1 N–H and O–H groups in total. The molecule has 0 atom stereocenters. The van der Waals surface area contributed by atoms with E-state index in [0.717, 1.165) is 0 Å². The van der Waals surface area contributed by atoms with E-state index in [2.05, 4.69) is 15.3 Å². The van der Waals surface area contributed by atoms with Gasteiger partial charge in [0.05, 0.1) is 25.2 Å². The molecule has 94 valence electrons. The van der Waals surface area contributed by atoms with Crippen molar-refractivity contribution < 1.29 is 14.3 Å². The molecule has 6 nitrogen and oxygen atoms in total. The number of thiophene rings is 1. The first-order valence-electron chi connectivity index (χ1n) is 5.05. The van der Waals surface area contributed by atoms with Gasteiger partial charge in [-0.05, 0) is 11.4 Å². The molecule has 0 bridgehead atoms. The highest BCUT2D eigenvalue weighted by atomic mass is 32.1. The van der Waals surface area contributed by atoms with Crippen LogP contribution in [0.25, 0.3) is 0 Å². The number of hydrogen-bond donors (Lipinski definition) is 1. The standard InChI is InChI=1S/C11H11N3O3S/c1-16-8-6-9(17-2)13-11(12-8)14-10(15)7-4-3-5-18-7/h3-6H,1-2H3,(H,12,13,14,15). The highest BCUT2D eigenvalue weighted by molar-refractivity contribution is 7.12. The van der Waals surface area contributed by atoms with Gasteiger partial charge in [-0.25, -0.2) is 0 Å². The number of carbonyl (C=O) groups is 1. The van der Waals surface area contributed by atoms with Gasteiger partial charge < -0.3 is 9.47 Å². The summed E-state index contributed by atoms with van der Waals surface area (Å²) in [7, 11) is 2.96. The van der Waals surface area contributed by atoms with E-state index in [1.54, 1.807) is 12.1 Å². The number of nitrogens with zero attached hydrogens (tertiary/aromatic N) is 2. The molecular weight excluding hydrogens is 254 g/mol. The Morgan fingerprint density at radius 2 is 1.94 bits per heavy atom. The maximum atomic E-state index is 11.8. The molecule has 2 aromatic heterocycles. The second-order valence-corrected chi connectivity index (χ2v) is 4.16. The minimum atomic E-state index is -0.264. The number of carbonyl (C=O) groups excluding carboxylic acids is 1. The molecule has 0 fully saturated rings. The van der Waals surface area contributed by atoms with Crippen LogP contribution in [0.15, 0.2) is 23.6 Å². The lowest BCUT2D eigenvalue weighted by Gasteiger charge is -2.06. The van der Waals surface area contributed by atoms with Gasteiger partial charge in [-0.15, -0.1) is 11.3 Å². The van der Waals surface area contributed by atoms with Crippen molar-refractivity contribution in [1.82, 2.24) is 9.97 Å². The molecule has 0 unspecified atom stereocenters. The Morgan fingerprint density at radius 3 is 2.44 bits per heavy atom. The number of methoxy groups -OCH3 is 2. The predicted octanol–water partition coefficient (Wildman–Crippen LogP) is 1.81. The van der Waals surface area contributed by atoms with E-state index in [4.69, 9.17) is 9.47 Å². The molecule has 0 aliphatic carbocycles. The van der Waals surface area contributed by atoms with E-state index in [-0.39, 0.29) is 11.9 Å². The molecule has 7 heteroatoms. The first-order valence-corrected chi connectivity index (χ1v) is 5.93. The lowest BCUT2D eigenvalue weighted by molar-refractivity contribution is 0.102. The van der Waals surface area contributed by atoms with Gasteiger partial charge in [-0.2, -0.15) is 9.97 Å². The van der Waals surface area contributed by atoms with Gasteiger partial charge in [0, 0.05) is 0 Å². The fourth-order valence-electron chi connectivity index (χ4n) is 1.24. The predicted molar refractivity (Wildman–Crippen MR) is 67.4 cm³/mol. The topological polar surface area (TPSA) is 73.3 Å². The van der Waals surface area contributed by atoms with Crippen LogP contribution >= 0.6 is 11.3 Å². The summed E-state index contributed by atoms with van der Waals surface area (Å²) in [5, 5.41) is 4.40. The molecule has 2 aromatic rings. The number of nitrogens with one attached hydrogen (secondary N) is 1. The first-order chi connectivity index (χ1) is 8.72. The van der Waals surface area contributed by atoms with E-state index in [0.29, 0.717) is 16.6 Å². The second-order valence-electron chi connectivity index (χ2n) is 3.21. The number of hydrogen-bond acceptors (Lipinski definition) is 6. The van der Waals surface area contributed by atoms with Crippen LogP contribution in [0.3, 0.4) is 0 Å². The number of rotatable bonds is 4. The summed E-state index contributed by atoms with van der Waals surface area (Å²) in [5.41, 5.74) is 0. The number of aromatic nitrogens is 2. The molecule has 1 amide bonds. The molecular formula is C11H11N3O3S. The third kappa shape index (κ3) is 2.75. The van der Waals surface area contributed by atoms with Crippen LogP contribution < -0.4 is 14.8 Å². The summed E-state index contributed by atoms with van der Waals surface area (Å²) in [6.07, 6.45) is 0. The van der Waals surface area contributed by atoms with Gasteiger partial charge in [0.2, 0.25) is 17.7 Å². The Kier molecular flexibility index (Phi) is 3.73. The van der Waals surface area contributed by atoms with Crippen LogP contribution in [0, 0.1) is 0 Å². The zero-order chi connectivity index (χ0) is 13.0. The minimum absolute atomic E-state index is 0.143. The van der Waals surface area contributed by atoms with Crippen LogP contribution in [0.1, 0.15) is 9.67 Å². The molecule has 0 aliphatic rings. The third-order valence-electron chi connectivity index (χ3n) is 2.07. The fourth-order valence-corrected chi connectivity index (χ4v) is 1.86. The number of ether oxygens (including phenoxy) is 2. The van der Waals surface area contributed by atoms with Crippen molar-refractivity contribution in [3.8, 4) is 11.8 Å². The Bertz CT molecular complexity index is 520. The summed E-state index contributed by atoms with van der Waals surface area (Å²) >= 11 is 1.34. The van der Waals surface area contributed by atoms with Crippen molar-refractivity contribution in [2.24, 2.45) is 0 Å². The van der Waals surface area contributed by atoms with E-state index in [9.17, 15) is 4.79 Å². The zero-order valence-electron chi connectivity index (χ0n) is 9.84. The number of anilines is 1. The summed E-state index contributed by atoms with van der Waals surface area (Å²) in [6, 6.07) is 5.05. The molecule has 0 saturated carbocycles. The molecule has 0 spiro atoms. The monoisotopic (exact) mass is 265 g/mol. The van der Waals surface area contributed by atoms with Crippen molar-refractivity contribution >= 4 is 23.2 Å². The third-order valence-corrected chi connectivity index (χ3v) is 2.94. The van der Waals surface area contributed by atoms with Crippen molar-refractivity contribution in [2.75, 3.05) is 19.5 Å². The zero-order valence-corrected chi connectivity index (χ0v) is 10.7. The summed E-state index contributed by atoms with van der Waals surface area (Å²) in [5.74, 6) is 0.525. The lowest BCUT2D eigenvalue weighted by Crippen LogP contribution is -2.13. The van der Waals surface area contributed by atoms with Gasteiger partial charge in [0.25, 0.3) is 5.91 Å². The van der Waals surface area contributed by atoms with Crippen LogP contribution in [-0.4, -0.2) is 30.1 Å². The van der Waals surface area contributed by atoms with Crippen molar-refractivity contribution in [1.29, 1.82) is 0 Å². The average molecular weight is 265 g/mol. The molecule has 0 saturated heterocycles. The van der Waals surface area contributed by atoms with Crippen molar-refractivity contribution in [3.05, 3.63) is 28.5 Å². The SMILES string of the molecule is COc1cc(OC)nc(NC(=O)c2cccs2)n1. The normalized spacial score (nSPS) is 9.89. The molecule has 0 aromatic carbocycles. The number of amides is 1. The molecule has 2 rings (SSSR count). The van der Waals surface area contributed by atoms with Crippen molar-refractivity contribution in [3.63, 3.8) is 0 Å². The van der Waals surface area contributed by atoms with Gasteiger partial charge in [0.15, 0.2) is 0 Å². The molecule has 2 heterocycles. The Labute approximate surface area is 108 Å². The van der Waals surface area contributed by atoms with E-state index in [1.165, 1.54) is 31.6 Å². The molecule has 0 radical (unpaired) electrons. The van der Waals surface area contributed by atoms with Gasteiger partial charge in [-0.1, -0.05) is 6.07 Å². The highest BCUT2D eigenvalue weighted by Crippen LogP contribution is 2.18. The van der Waals surface area contributed by atoms with E-state index in [1.807, 2.05) is 5.38 Å². The summed E-state index contributed by atoms with van der Waals surface area (Å²) in [4.78, 5) is 20.4. The Morgan fingerprint density at radius 1 is 1.28 bits per heavy atom. The lowest BCUT2D eigenvalue weighted by atomic mass is 10.4. The quantitative estimate of drug-likeness (QED) is 0.912. The van der Waals surface area contributed by atoms with Gasteiger partial charge >= 0.3 is 0 Å². The smallest absolute Gasteiger partial charge is 0.268 e. The maximum Gasteiger partial charge on any atom is 0.268 e. The fraction of sp³-hybridized carbons (Fsp3) is 0.182. The molecule has 18 heavy (non-hydrogen) atoms. The summed E-state index contributed by atoms with van der Waals surface area (Å²) < 4.78 is 9.98. The van der Waals surface area contributed by atoms with Gasteiger partial charge in [-0.3, -0.25) is 10.1 Å². The van der Waals surface area contributed by atoms with Crippen molar-refractivity contribution in [2.45, 2.75) is 0 Å². The van der Waals surface area contributed by atoms with Crippen LogP contribution in [0.2, 0.25) is 0 Å². The second kappa shape index (κ2) is 5.46. The highest BCUT2D eigenvalue weighted by Gasteiger charge is 2.11. The average Bonchev–Trinajstić information content (AvgIpc) is 2.92. The Hall–Kier alpha value is -2.15. The molecule has 0 aliphatic heterocycles. The van der Waals surface area contributed by atoms with E-state index < -0.39 is 0 Å².